The van der Waals surface area contributed by atoms with E-state index >= 15 is 0 Å². The minimum Gasteiger partial charge on any atom is -0.356 e. The number of nitrogens with zero attached hydrogens (tertiary/aromatic N) is 3. The van der Waals surface area contributed by atoms with Gasteiger partial charge in [-0.2, -0.15) is 0 Å². The number of benzene rings is 2. The predicted molar refractivity (Wildman–Crippen MR) is 125 cm³/mol. The number of hydrogen-bond donors (Lipinski definition) is 2. The first-order valence-corrected chi connectivity index (χ1v) is 12.0. The maximum absolute atomic E-state index is 12.5. The Morgan fingerprint density at radius 3 is 2.35 bits per heavy atom. The van der Waals surface area contributed by atoms with Crippen molar-refractivity contribution in [1.82, 2.24) is 9.97 Å². The van der Waals surface area contributed by atoms with Crippen LogP contribution in [0.25, 0.3) is 0 Å². The van der Waals surface area contributed by atoms with Crippen molar-refractivity contribution in [1.29, 1.82) is 0 Å². The molecule has 2 heterocycles. The smallest absolute Gasteiger partial charge is 0.261 e. The molecule has 0 spiro atoms. The van der Waals surface area contributed by atoms with Gasteiger partial charge in [-0.3, -0.25) is 4.72 Å². The fourth-order valence-electron chi connectivity index (χ4n) is 3.52. The van der Waals surface area contributed by atoms with Gasteiger partial charge in [-0.25, -0.2) is 18.4 Å². The van der Waals surface area contributed by atoms with Crippen LogP contribution in [0.3, 0.4) is 0 Å². The summed E-state index contributed by atoms with van der Waals surface area (Å²) in [5.41, 5.74) is 1.26. The van der Waals surface area contributed by atoms with Crippen molar-refractivity contribution in [3.05, 3.63) is 65.4 Å². The lowest BCUT2D eigenvalue weighted by molar-refractivity contribution is 0.572. The zero-order valence-electron chi connectivity index (χ0n) is 17.2. The van der Waals surface area contributed by atoms with Gasteiger partial charge in [0.1, 0.15) is 17.5 Å². The first kappa shape index (κ1) is 21.4. The number of aryl methyl sites for hydroxylation is 1. The topological polar surface area (TPSA) is 87.2 Å². The maximum atomic E-state index is 12.5. The molecule has 1 fully saturated rings. The Morgan fingerprint density at radius 1 is 0.935 bits per heavy atom. The van der Waals surface area contributed by atoms with Gasteiger partial charge < -0.3 is 10.2 Å². The average molecular weight is 458 g/mol. The molecule has 0 radical (unpaired) electrons. The van der Waals surface area contributed by atoms with Crippen molar-refractivity contribution in [3.8, 4) is 0 Å². The van der Waals surface area contributed by atoms with Crippen LogP contribution in [0.5, 0.6) is 0 Å². The molecule has 0 bridgehead atoms. The molecule has 31 heavy (non-hydrogen) atoms. The van der Waals surface area contributed by atoms with Crippen LogP contribution in [-0.4, -0.2) is 31.5 Å². The molecule has 0 aliphatic carbocycles. The van der Waals surface area contributed by atoms with E-state index in [0.717, 1.165) is 24.6 Å². The maximum Gasteiger partial charge on any atom is 0.261 e. The monoisotopic (exact) mass is 457 g/mol. The molecule has 0 saturated carbocycles. The molecule has 2 N–H and O–H groups in total. The number of aromatic nitrogens is 2. The number of nitrogens with one attached hydrogen (secondary N) is 2. The van der Waals surface area contributed by atoms with Crippen LogP contribution in [0.15, 0.2) is 59.5 Å². The van der Waals surface area contributed by atoms with E-state index in [9.17, 15) is 8.42 Å². The lowest BCUT2D eigenvalue weighted by atomic mass is 10.1. The van der Waals surface area contributed by atoms with Gasteiger partial charge >= 0.3 is 0 Å². The van der Waals surface area contributed by atoms with E-state index < -0.39 is 10.0 Å². The van der Waals surface area contributed by atoms with E-state index in [0.29, 0.717) is 22.4 Å². The second kappa shape index (κ2) is 9.11. The minimum absolute atomic E-state index is 0.115. The molecule has 162 valence electrons. The van der Waals surface area contributed by atoms with E-state index in [4.69, 9.17) is 11.6 Å². The van der Waals surface area contributed by atoms with Crippen molar-refractivity contribution >= 4 is 44.6 Å². The first-order chi connectivity index (χ1) is 14.9. The van der Waals surface area contributed by atoms with Crippen LogP contribution in [0.2, 0.25) is 5.02 Å². The van der Waals surface area contributed by atoms with Gasteiger partial charge in [0.25, 0.3) is 10.0 Å². The van der Waals surface area contributed by atoms with Crippen molar-refractivity contribution in [2.45, 2.75) is 31.1 Å². The summed E-state index contributed by atoms with van der Waals surface area (Å²) in [5.74, 6) is 2.34. The van der Waals surface area contributed by atoms with Gasteiger partial charge in [0.15, 0.2) is 0 Å². The second-order valence-corrected chi connectivity index (χ2v) is 9.59. The Bertz CT molecular complexity index is 1160. The van der Waals surface area contributed by atoms with E-state index in [2.05, 4.69) is 24.9 Å². The summed E-state index contributed by atoms with van der Waals surface area (Å²) in [7, 11) is -3.71. The molecule has 0 unspecified atom stereocenters. The minimum atomic E-state index is -3.71. The zero-order valence-corrected chi connectivity index (χ0v) is 18.7. The first-order valence-electron chi connectivity index (χ1n) is 10.2. The Labute approximate surface area is 187 Å². The fraction of sp³-hybridized carbons (Fsp3) is 0.273. The Balaban J connectivity index is 1.47. The molecule has 0 amide bonds. The van der Waals surface area contributed by atoms with Crippen LogP contribution in [0.1, 0.15) is 25.1 Å². The summed E-state index contributed by atoms with van der Waals surface area (Å²) < 4.78 is 27.7. The van der Waals surface area contributed by atoms with Crippen LogP contribution in [0, 0.1) is 6.92 Å². The van der Waals surface area contributed by atoms with Crippen LogP contribution in [-0.2, 0) is 10.0 Å². The van der Waals surface area contributed by atoms with Crippen LogP contribution < -0.4 is 14.9 Å². The van der Waals surface area contributed by atoms with Crippen molar-refractivity contribution in [2.75, 3.05) is 28.0 Å². The Kier molecular flexibility index (Phi) is 6.29. The van der Waals surface area contributed by atoms with Crippen LogP contribution >= 0.6 is 11.6 Å². The molecule has 3 aromatic rings. The molecular formula is C22H24ClN5O2S. The predicted octanol–water partition coefficient (Wildman–Crippen LogP) is 4.97. The van der Waals surface area contributed by atoms with Gasteiger partial charge in [-0.1, -0.05) is 17.7 Å². The van der Waals surface area contributed by atoms with Gasteiger partial charge in [-0.15, -0.1) is 0 Å². The van der Waals surface area contributed by atoms with Crippen molar-refractivity contribution in [3.63, 3.8) is 0 Å². The second-order valence-electron chi connectivity index (χ2n) is 7.47. The van der Waals surface area contributed by atoms with E-state index in [1.54, 1.807) is 36.4 Å². The summed E-state index contributed by atoms with van der Waals surface area (Å²) in [6.07, 6.45) is 3.62. The van der Waals surface area contributed by atoms with Crippen molar-refractivity contribution in [2.24, 2.45) is 0 Å². The third-order valence-corrected chi connectivity index (χ3v) is 6.63. The highest BCUT2D eigenvalue weighted by Gasteiger charge is 2.15. The molecule has 1 aliphatic rings. The number of piperidine rings is 1. The molecule has 1 aliphatic heterocycles. The summed E-state index contributed by atoms with van der Waals surface area (Å²) in [5, 5.41) is 3.65. The molecule has 4 rings (SSSR count). The largest absolute Gasteiger partial charge is 0.356 e. The van der Waals surface area contributed by atoms with Gasteiger partial charge in [0.2, 0.25) is 0 Å². The molecule has 0 atom stereocenters. The lowest BCUT2D eigenvalue weighted by Gasteiger charge is -2.28. The number of halogens is 1. The molecule has 1 saturated heterocycles. The highest BCUT2D eigenvalue weighted by atomic mass is 35.5. The average Bonchev–Trinajstić information content (AvgIpc) is 2.75. The van der Waals surface area contributed by atoms with Crippen molar-refractivity contribution < 1.29 is 8.42 Å². The highest BCUT2D eigenvalue weighted by molar-refractivity contribution is 7.92. The van der Waals surface area contributed by atoms with Gasteiger partial charge in [0.05, 0.1) is 4.90 Å². The zero-order chi connectivity index (χ0) is 21.8. The quantitative estimate of drug-likeness (QED) is 0.543. The van der Waals surface area contributed by atoms with Gasteiger partial charge in [0, 0.05) is 35.6 Å². The molecule has 7 nitrogen and oxygen atoms in total. The Morgan fingerprint density at radius 2 is 1.65 bits per heavy atom. The lowest BCUT2D eigenvalue weighted by Crippen LogP contribution is -2.30. The van der Waals surface area contributed by atoms with Gasteiger partial charge in [-0.05, 0) is 68.7 Å². The summed E-state index contributed by atoms with van der Waals surface area (Å²) in [4.78, 5) is 11.5. The third kappa shape index (κ3) is 5.45. The molecule has 9 heteroatoms. The number of hydrogen-bond acceptors (Lipinski definition) is 6. The SMILES string of the molecule is Cc1nc(Nc2ccc(NS(=O)(=O)c3cccc(Cl)c3)cc2)cc(N2CCCCC2)n1. The highest BCUT2D eigenvalue weighted by Crippen LogP contribution is 2.24. The number of rotatable bonds is 6. The van der Waals surface area contributed by atoms with E-state index in [1.807, 2.05) is 13.0 Å². The molecular weight excluding hydrogens is 434 g/mol. The Hall–Kier alpha value is -2.84. The summed E-state index contributed by atoms with van der Waals surface area (Å²) in [6, 6.07) is 15.1. The number of anilines is 4. The molecule has 1 aromatic heterocycles. The standard InChI is InChI=1S/C22H24ClN5O2S/c1-16-24-21(15-22(25-16)28-12-3-2-4-13-28)26-18-8-10-19(11-9-18)27-31(29,30)20-7-5-6-17(23)14-20/h5-11,14-15,27H,2-4,12-13H2,1H3,(H,24,25,26). The van der Waals surface area contributed by atoms with Crippen LogP contribution in [0.4, 0.5) is 23.0 Å². The summed E-state index contributed by atoms with van der Waals surface area (Å²) >= 11 is 5.91. The fourth-order valence-corrected chi connectivity index (χ4v) is 4.88. The summed E-state index contributed by atoms with van der Waals surface area (Å²) in [6.45, 7) is 3.90. The number of sulfonamides is 1. The van der Waals surface area contributed by atoms with E-state index in [1.165, 1.54) is 31.4 Å². The third-order valence-electron chi connectivity index (χ3n) is 5.02. The molecule has 2 aromatic carbocycles. The normalized spacial score (nSPS) is 14.3. The van der Waals surface area contributed by atoms with E-state index in [-0.39, 0.29) is 4.90 Å².